The fourth-order valence-electron chi connectivity index (χ4n) is 0.613. The van der Waals surface area contributed by atoms with Gasteiger partial charge in [-0.1, -0.05) is 0 Å². The Morgan fingerprint density at radius 3 is 2.70 bits per heavy atom. The van der Waals surface area contributed by atoms with Crippen molar-refractivity contribution in [1.29, 1.82) is 5.41 Å². The first-order valence-electron chi connectivity index (χ1n) is 3.45. The van der Waals surface area contributed by atoms with Gasteiger partial charge in [-0.3, -0.25) is 5.41 Å². The minimum absolute atomic E-state index is 0.199. The number of hydrogen-bond acceptors (Lipinski definition) is 3. The van der Waals surface area contributed by atoms with E-state index in [0.29, 0.717) is 6.54 Å². The molecule has 10 heavy (non-hydrogen) atoms. The van der Waals surface area contributed by atoms with Gasteiger partial charge in [0.1, 0.15) is 5.84 Å². The molecular formula is C6H16N4. The van der Waals surface area contributed by atoms with E-state index in [-0.39, 0.29) is 5.84 Å². The molecule has 0 rings (SSSR count). The summed E-state index contributed by atoms with van der Waals surface area (Å²) in [7, 11) is 1.92. The molecule has 0 saturated carbocycles. The van der Waals surface area contributed by atoms with Crippen LogP contribution in [0.4, 0.5) is 0 Å². The smallest absolute Gasteiger partial charge is 0.105 e. The van der Waals surface area contributed by atoms with E-state index in [1.165, 1.54) is 0 Å². The Labute approximate surface area is 61.7 Å². The second-order valence-corrected chi connectivity index (χ2v) is 2.16. The number of nitrogens with two attached hydrogens (primary N) is 1. The Bertz CT molecular complexity index is 91.7. The Morgan fingerprint density at radius 2 is 2.20 bits per heavy atom. The van der Waals surface area contributed by atoms with Gasteiger partial charge in [-0.05, 0) is 26.6 Å². The molecule has 0 aromatic rings. The van der Waals surface area contributed by atoms with Crippen LogP contribution in [0.3, 0.4) is 0 Å². The van der Waals surface area contributed by atoms with Crippen LogP contribution in [0, 0.1) is 5.41 Å². The van der Waals surface area contributed by atoms with Gasteiger partial charge in [-0.15, -0.1) is 0 Å². The van der Waals surface area contributed by atoms with Crippen molar-refractivity contribution in [3.8, 4) is 0 Å². The quantitative estimate of drug-likeness (QED) is 0.222. The molecule has 5 N–H and O–H groups in total. The van der Waals surface area contributed by atoms with Crippen molar-refractivity contribution in [3.63, 3.8) is 0 Å². The van der Waals surface area contributed by atoms with Gasteiger partial charge in [-0.25, -0.2) is 0 Å². The zero-order valence-electron chi connectivity index (χ0n) is 6.41. The summed E-state index contributed by atoms with van der Waals surface area (Å²) < 4.78 is 0. The summed E-state index contributed by atoms with van der Waals surface area (Å²) in [6.07, 6.45) is 1.07. The van der Waals surface area contributed by atoms with E-state index in [4.69, 9.17) is 11.1 Å². The van der Waals surface area contributed by atoms with Gasteiger partial charge in [0.2, 0.25) is 0 Å². The van der Waals surface area contributed by atoms with Crippen molar-refractivity contribution in [2.45, 2.75) is 6.42 Å². The molecule has 0 aliphatic carbocycles. The summed E-state index contributed by atoms with van der Waals surface area (Å²) in [5.74, 6) is 0.199. The molecule has 0 radical (unpaired) electrons. The van der Waals surface area contributed by atoms with Crippen molar-refractivity contribution >= 4 is 5.84 Å². The summed E-state index contributed by atoms with van der Waals surface area (Å²) in [4.78, 5) is 0. The lowest BCUT2D eigenvalue weighted by Crippen LogP contribution is -2.29. The fourth-order valence-corrected chi connectivity index (χ4v) is 0.613. The van der Waals surface area contributed by atoms with Gasteiger partial charge in [-0.2, -0.15) is 0 Å². The number of amidine groups is 1. The molecule has 0 unspecified atom stereocenters. The van der Waals surface area contributed by atoms with E-state index in [1.807, 2.05) is 7.05 Å². The van der Waals surface area contributed by atoms with Crippen LogP contribution >= 0.6 is 0 Å². The van der Waals surface area contributed by atoms with E-state index in [1.54, 1.807) is 0 Å². The van der Waals surface area contributed by atoms with E-state index >= 15 is 0 Å². The highest BCUT2D eigenvalue weighted by atomic mass is 14.9. The minimum atomic E-state index is 0.199. The third-order valence-electron chi connectivity index (χ3n) is 1.10. The normalized spacial score (nSPS) is 9.70. The molecule has 0 aliphatic heterocycles. The molecule has 0 saturated heterocycles. The molecule has 0 aliphatic rings. The van der Waals surface area contributed by atoms with Crippen LogP contribution in [0.15, 0.2) is 0 Å². The first kappa shape index (κ1) is 9.39. The predicted octanol–water partition coefficient (Wildman–Crippen LogP) is -0.879. The predicted molar refractivity (Wildman–Crippen MR) is 43.3 cm³/mol. The number of nitrogens with one attached hydrogen (secondary N) is 3. The van der Waals surface area contributed by atoms with Crippen LogP contribution in [-0.2, 0) is 0 Å². The van der Waals surface area contributed by atoms with Gasteiger partial charge < -0.3 is 16.4 Å². The second kappa shape index (κ2) is 6.51. The first-order chi connectivity index (χ1) is 4.77. The van der Waals surface area contributed by atoms with Gasteiger partial charge in [0.15, 0.2) is 0 Å². The standard InChI is InChI=1S/C6H16N4/c1-9-3-2-4-10-5-6(7)8/h9-10H,2-5H2,1H3,(H3,7,8). The average Bonchev–Trinajstić information content (AvgIpc) is 1.87. The third-order valence-corrected chi connectivity index (χ3v) is 1.10. The molecule has 0 bridgehead atoms. The zero-order valence-corrected chi connectivity index (χ0v) is 6.41. The van der Waals surface area contributed by atoms with Crippen LogP contribution in [0.1, 0.15) is 6.42 Å². The van der Waals surface area contributed by atoms with Gasteiger partial charge in [0, 0.05) is 0 Å². The number of rotatable bonds is 6. The molecule has 0 fully saturated rings. The lowest BCUT2D eigenvalue weighted by Gasteiger charge is -2.01. The molecule has 60 valence electrons. The Kier molecular flexibility index (Phi) is 6.11. The highest BCUT2D eigenvalue weighted by Crippen LogP contribution is 1.70. The maximum absolute atomic E-state index is 6.87. The van der Waals surface area contributed by atoms with Crippen LogP contribution in [-0.4, -0.2) is 32.5 Å². The summed E-state index contributed by atoms with van der Waals surface area (Å²) in [6, 6.07) is 0. The fraction of sp³-hybridized carbons (Fsp3) is 0.833. The molecule has 0 amide bonds. The lowest BCUT2D eigenvalue weighted by atomic mass is 10.4. The molecule has 0 aromatic carbocycles. The molecule has 0 aromatic heterocycles. The van der Waals surface area contributed by atoms with Crippen molar-refractivity contribution < 1.29 is 0 Å². The molecular weight excluding hydrogens is 128 g/mol. The maximum Gasteiger partial charge on any atom is 0.105 e. The largest absolute Gasteiger partial charge is 0.387 e. The molecule has 4 heteroatoms. The molecule has 0 heterocycles. The van der Waals surface area contributed by atoms with E-state index in [0.717, 1.165) is 19.5 Å². The van der Waals surface area contributed by atoms with Crippen molar-refractivity contribution in [2.24, 2.45) is 5.73 Å². The van der Waals surface area contributed by atoms with E-state index < -0.39 is 0 Å². The molecule has 0 atom stereocenters. The number of hydrogen-bond donors (Lipinski definition) is 4. The van der Waals surface area contributed by atoms with Crippen molar-refractivity contribution in [3.05, 3.63) is 0 Å². The summed E-state index contributed by atoms with van der Waals surface area (Å²) in [5.41, 5.74) is 5.11. The van der Waals surface area contributed by atoms with Gasteiger partial charge >= 0.3 is 0 Å². The van der Waals surface area contributed by atoms with Gasteiger partial charge in [0.05, 0.1) is 6.54 Å². The Balaban J connectivity index is 2.84. The van der Waals surface area contributed by atoms with Gasteiger partial charge in [0.25, 0.3) is 0 Å². The Morgan fingerprint density at radius 1 is 1.50 bits per heavy atom. The second-order valence-electron chi connectivity index (χ2n) is 2.16. The van der Waals surface area contributed by atoms with Crippen molar-refractivity contribution in [2.75, 3.05) is 26.7 Å². The zero-order chi connectivity index (χ0) is 7.82. The van der Waals surface area contributed by atoms with Crippen LogP contribution in [0.25, 0.3) is 0 Å². The Hall–Kier alpha value is -0.610. The van der Waals surface area contributed by atoms with Crippen LogP contribution in [0.2, 0.25) is 0 Å². The molecule has 0 spiro atoms. The maximum atomic E-state index is 6.87. The first-order valence-corrected chi connectivity index (χ1v) is 3.45. The van der Waals surface area contributed by atoms with Crippen molar-refractivity contribution in [1.82, 2.24) is 10.6 Å². The SMILES string of the molecule is CNCCCNCC(=N)N. The highest BCUT2D eigenvalue weighted by Gasteiger charge is 1.87. The summed E-state index contributed by atoms with van der Waals surface area (Å²) >= 11 is 0. The molecule has 4 nitrogen and oxygen atoms in total. The topological polar surface area (TPSA) is 73.9 Å². The third kappa shape index (κ3) is 7.39. The minimum Gasteiger partial charge on any atom is -0.387 e. The van der Waals surface area contributed by atoms with E-state index in [9.17, 15) is 0 Å². The highest BCUT2D eigenvalue weighted by molar-refractivity contribution is 5.78. The van der Waals surface area contributed by atoms with Crippen LogP contribution in [0.5, 0.6) is 0 Å². The van der Waals surface area contributed by atoms with Crippen LogP contribution < -0.4 is 16.4 Å². The summed E-state index contributed by atoms with van der Waals surface area (Å²) in [6.45, 7) is 2.43. The van der Waals surface area contributed by atoms with E-state index in [2.05, 4.69) is 10.6 Å². The monoisotopic (exact) mass is 144 g/mol. The summed E-state index contributed by atoms with van der Waals surface area (Å²) in [5, 5.41) is 12.9. The lowest BCUT2D eigenvalue weighted by molar-refractivity contribution is 0.660. The average molecular weight is 144 g/mol.